The van der Waals surface area contributed by atoms with Gasteiger partial charge in [0.2, 0.25) is 5.88 Å². The van der Waals surface area contributed by atoms with Gasteiger partial charge < -0.3 is 10.5 Å². The number of ether oxygens (including phenoxy) is 1. The predicted octanol–water partition coefficient (Wildman–Crippen LogP) is 4.54. The van der Waals surface area contributed by atoms with E-state index in [1.54, 1.807) is 22.8 Å². The van der Waals surface area contributed by atoms with Crippen LogP contribution in [0.15, 0.2) is 48.5 Å². The second-order valence-electron chi connectivity index (χ2n) is 5.96. The molecule has 2 N–H and O–H groups in total. The molecule has 0 spiro atoms. The molecule has 2 aromatic carbocycles. The van der Waals surface area contributed by atoms with E-state index in [9.17, 15) is 9.65 Å². The number of anilines is 1. The van der Waals surface area contributed by atoms with Crippen molar-refractivity contribution in [2.45, 2.75) is 20.4 Å². The molecule has 0 aliphatic heterocycles. The zero-order chi connectivity index (χ0) is 18.0. The van der Waals surface area contributed by atoms with Crippen LogP contribution < -0.4 is 10.5 Å². The van der Waals surface area contributed by atoms with Crippen LogP contribution in [-0.4, -0.2) is 4.57 Å². The number of nitrogens with two attached hydrogens (primary N) is 1. The van der Waals surface area contributed by atoms with Crippen molar-refractivity contribution in [1.29, 1.82) is 5.26 Å². The number of hydrogen-bond acceptors (Lipinski definition) is 3. The van der Waals surface area contributed by atoms with E-state index in [1.807, 2.05) is 32.0 Å². The monoisotopic (exact) mass is 335 g/mol. The van der Waals surface area contributed by atoms with Crippen LogP contribution in [0.2, 0.25) is 0 Å². The molecule has 126 valence electrons. The van der Waals surface area contributed by atoms with Crippen molar-refractivity contribution in [3.05, 3.63) is 76.7 Å². The lowest BCUT2D eigenvalue weighted by molar-refractivity contribution is 0.437. The van der Waals surface area contributed by atoms with Crippen LogP contribution >= 0.6 is 0 Å². The van der Waals surface area contributed by atoms with E-state index in [2.05, 4.69) is 6.07 Å². The van der Waals surface area contributed by atoms with Gasteiger partial charge in [-0.1, -0.05) is 18.2 Å². The first kappa shape index (κ1) is 16.6. The number of aromatic nitrogens is 1. The van der Waals surface area contributed by atoms with Gasteiger partial charge in [0.05, 0.1) is 12.2 Å². The van der Waals surface area contributed by atoms with Crippen LogP contribution in [-0.2, 0) is 6.54 Å². The second kappa shape index (κ2) is 6.70. The summed E-state index contributed by atoms with van der Waals surface area (Å²) in [5.74, 6) is 0.754. The molecule has 1 heterocycles. The highest BCUT2D eigenvalue weighted by atomic mass is 19.1. The second-order valence-corrected chi connectivity index (χ2v) is 5.96. The number of nitrogens with zero attached hydrogens (tertiary/aromatic N) is 2. The molecule has 1 aromatic heterocycles. The molecule has 0 atom stereocenters. The van der Waals surface area contributed by atoms with Gasteiger partial charge in [0.1, 0.15) is 23.3 Å². The van der Waals surface area contributed by atoms with E-state index in [1.165, 1.54) is 17.7 Å². The average Bonchev–Trinajstić information content (AvgIpc) is 2.89. The summed E-state index contributed by atoms with van der Waals surface area (Å²) in [5.41, 5.74) is 9.95. The van der Waals surface area contributed by atoms with Gasteiger partial charge in [0.15, 0.2) is 0 Å². The Morgan fingerprint density at radius 1 is 1.08 bits per heavy atom. The zero-order valence-corrected chi connectivity index (χ0v) is 14.1. The summed E-state index contributed by atoms with van der Waals surface area (Å²) in [4.78, 5) is 0. The Labute approximate surface area is 145 Å². The number of rotatable bonds is 4. The lowest BCUT2D eigenvalue weighted by Gasteiger charge is -2.13. The Balaban J connectivity index is 1.98. The van der Waals surface area contributed by atoms with Gasteiger partial charge in [-0.2, -0.15) is 5.26 Å². The highest BCUT2D eigenvalue weighted by Gasteiger charge is 2.16. The number of aryl methyl sites for hydroxylation is 2. The normalized spacial score (nSPS) is 10.5. The van der Waals surface area contributed by atoms with Crippen molar-refractivity contribution in [1.82, 2.24) is 4.57 Å². The minimum Gasteiger partial charge on any atom is -0.439 e. The number of nitrogen functional groups attached to an aromatic ring is 1. The lowest BCUT2D eigenvalue weighted by Crippen LogP contribution is -2.05. The molecule has 25 heavy (non-hydrogen) atoms. The number of halogens is 1. The number of nitriles is 1. The first-order valence-electron chi connectivity index (χ1n) is 7.86. The average molecular weight is 335 g/mol. The molecule has 5 heteroatoms. The quantitative estimate of drug-likeness (QED) is 0.761. The summed E-state index contributed by atoms with van der Waals surface area (Å²) < 4.78 is 20.8. The molecule has 0 aliphatic carbocycles. The van der Waals surface area contributed by atoms with Gasteiger partial charge in [0.25, 0.3) is 0 Å². The maximum absolute atomic E-state index is 13.1. The topological polar surface area (TPSA) is 64.0 Å². The molecule has 3 rings (SSSR count). The Kier molecular flexibility index (Phi) is 4.44. The Bertz CT molecular complexity index is 952. The van der Waals surface area contributed by atoms with E-state index in [-0.39, 0.29) is 5.82 Å². The number of hydrogen-bond donors (Lipinski definition) is 1. The van der Waals surface area contributed by atoms with Gasteiger partial charge in [0, 0.05) is 6.07 Å². The Hall–Kier alpha value is -3.26. The molecule has 0 radical (unpaired) electrons. The van der Waals surface area contributed by atoms with E-state index in [4.69, 9.17) is 10.5 Å². The largest absolute Gasteiger partial charge is 0.439 e. The van der Waals surface area contributed by atoms with Crippen LogP contribution in [0.4, 0.5) is 10.1 Å². The fourth-order valence-electron chi connectivity index (χ4n) is 2.58. The van der Waals surface area contributed by atoms with Crippen LogP contribution in [0.5, 0.6) is 11.6 Å². The summed E-state index contributed by atoms with van der Waals surface area (Å²) in [7, 11) is 0. The minimum atomic E-state index is -0.303. The number of benzene rings is 2. The van der Waals surface area contributed by atoms with Crippen molar-refractivity contribution >= 4 is 5.69 Å². The van der Waals surface area contributed by atoms with E-state index < -0.39 is 0 Å². The first-order valence-corrected chi connectivity index (χ1v) is 7.86. The summed E-state index contributed by atoms with van der Waals surface area (Å²) in [6.45, 7) is 4.39. The summed E-state index contributed by atoms with van der Waals surface area (Å²) in [5, 5.41) is 9.38. The molecular weight excluding hydrogens is 317 g/mol. The molecule has 0 saturated carbocycles. The maximum atomic E-state index is 13.1. The van der Waals surface area contributed by atoms with Gasteiger partial charge in [-0.15, -0.1) is 0 Å². The fourth-order valence-corrected chi connectivity index (χ4v) is 2.58. The van der Waals surface area contributed by atoms with Gasteiger partial charge in [-0.05, 0) is 54.8 Å². The fraction of sp³-hybridized carbons (Fsp3) is 0.150. The highest BCUT2D eigenvalue weighted by Crippen LogP contribution is 2.32. The highest BCUT2D eigenvalue weighted by molar-refractivity contribution is 5.57. The first-order chi connectivity index (χ1) is 12.0. The van der Waals surface area contributed by atoms with Crippen LogP contribution in [0.1, 0.15) is 22.4 Å². The van der Waals surface area contributed by atoms with Gasteiger partial charge >= 0.3 is 0 Å². The Morgan fingerprint density at radius 3 is 2.44 bits per heavy atom. The van der Waals surface area contributed by atoms with Crippen molar-refractivity contribution < 1.29 is 9.13 Å². The van der Waals surface area contributed by atoms with E-state index in [0.717, 1.165) is 11.1 Å². The molecule has 0 aliphatic rings. The van der Waals surface area contributed by atoms with Gasteiger partial charge in [-0.3, -0.25) is 4.57 Å². The molecule has 0 fully saturated rings. The zero-order valence-electron chi connectivity index (χ0n) is 14.1. The van der Waals surface area contributed by atoms with Crippen LogP contribution in [0, 0.1) is 31.0 Å². The smallest absolute Gasteiger partial charge is 0.224 e. The summed E-state index contributed by atoms with van der Waals surface area (Å²) in [6, 6.07) is 15.6. The molecule has 0 bridgehead atoms. The molecule has 0 amide bonds. The van der Waals surface area contributed by atoms with E-state index >= 15 is 0 Å². The van der Waals surface area contributed by atoms with Crippen molar-refractivity contribution in [2.75, 3.05) is 5.73 Å². The summed E-state index contributed by atoms with van der Waals surface area (Å²) in [6.07, 6.45) is 0. The SMILES string of the molecule is Cc1ccc(Oc2c(N)cc(C#N)n2Cc2ccc(F)cc2)cc1C. The molecule has 3 aromatic rings. The van der Waals surface area contributed by atoms with Crippen LogP contribution in [0.3, 0.4) is 0 Å². The van der Waals surface area contributed by atoms with Crippen molar-refractivity contribution in [3.8, 4) is 17.7 Å². The van der Waals surface area contributed by atoms with Crippen molar-refractivity contribution in [3.63, 3.8) is 0 Å². The molecule has 0 unspecified atom stereocenters. The lowest BCUT2D eigenvalue weighted by atomic mass is 10.1. The third-order valence-corrected chi connectivity index (χ3v) is 4.14. The maximum Gasteiger partial charge on any atom is 0.224 e. The predicted molar refractivity (Wildman–Crippen MR) is 95.1 cm³/mol. The minimum absolute atomic E-state index is 0.303. The Morgan fingerprint density at radius 2 is 1.80 bits per heavy atom. The van der Waals surface area contributed by atoms with Crippen LogP contribution in [0.25, 0.3) is 0 Å². The third-order valence-electron chi connectivity index (χ3n) is 4.14. The van der Waals surface area contributed by atoms with Gasteiger partial charge in [-0.25, -0.2) is 4.39 Å². The molecule has 0 saturated heterocycles. The van der Waals surface area contributed by atoms with E-state index in [0.29, 0.717) is 29.6 Å². The molecule has 4 nitrogen and oxygen atoms in total. The standard InChI is InChI=1S/C20H18FN3O/c1-13-3-8-18(9-14(13)2)25-20-19(23)10-17(11-22)24(20)12-15-4-6-16(21)7-5-15/h3-10H,12,23H2,1-2H3. The third kappa shape index (κ3) is 3.48. The molecular formula is C20H18FN3O. The summed E-state index contributed by atoms with van der Waals surface area (Å²) >= 11 is 0. The van der Waals surface area contributed by atoms with Crippen molar-refractivity contribution in [2.24, 2.45) is 0 Å².